The van der Waals surface area contributed by atoms with Crippen LogP contribution in [0.3, 0.4) is 0 Å². The van der Waals surface area contributed by atoms with Gasteiger partial charge in [0.1, 0.15) is 6.04 Å². The van der Waals surface area contributed by atoms with E-state index in [2.05, 4.69) is 17.3 Å². The fourth-order valence-corrected chi connectivity index (χ4v) is 2.80. The lowest BCUT2D eigenvalue weighted by atomic mass is 10.1. The van der Waals surface area contributed by atoms with E-state index < -0.39 is 6.04 Å². The number of amides is 1. The second kappa shape index (κ2) is 7.41. The van der Waals surface area contributed by atoms with Gasteiger partial charge in [-0.1, -0.05) is 43.2 Å². The van der Waals surface area contributed by atoms with E-state index in [1.165, 1.54) is 25.7 Å². The predicted molar refractivity (Wildman–Crippen MR) is 81.3 cm³/mol. The number of benzene rings is 1. The van der Waals surface area contributed by atoms with Gasteiger partial charge in [0.25, 0.3) is 0 Å². The molecule has 1 aliphatic carbocycles. The molecular weight excluding hydrogens is 250 g/mol. The van der Waals surface area contributed by atoms with Crippen LogP contribution < -0.4 is 11.1 Å². The van der Waals surface area contributed by atoms with Crippen molar-refractivity contribution in [1.82, 2.24) is 10.2 Å². The number of carbonyl (C=O) groups excluding carboxylic acids is 1. The number of nitrogens with one attached hydrogen (secondary N) is 1. The Morgan fingerprint density at radius 3 is 2.65 bits per heavy atom. The molecule has 1 saturated carbocycles. The first kappa shape index (κ1) is 15.0. The van der Waals surface area contributed by atoms with Gasteiger partial charge in [-0.3, -0.25) is 4.79 Å². The summed E-state index contributed by atoms with van der Waals surface area (Å²) in [7, 11) is 2.14. The van der Waals surface area contributed by atoms with Gasteiger partial charge >= 0.3 is 0 Å². The number of hydrogen-bond acceptors (Lipinski definition) is 3. The van der Waals surface area contributed by atoms with E-state index in [0.717, 1.165) is 12.1 Å². The zero-order valence-electron chi connectivity index (χ0n) is 12.2. The van der Waals surface area contributed by atoms with Gasteiger partial charge in [0.2, 0.25) is 5.91 Å². The fourth-order valence-electron chi connectivity index (χ4n) is 2.80. The Balaban J connectivity index is 1.72. The molecule has 110 valence electrons. The SMILES string of the molecule is CN(CCNC(=O)[C@@H](N)c1ccccc1)C1CCCC1. The van der Waals surface area contributed by atoms with Crippen LogP contribution in [-0.2, 0) is 4.79 Å². The quantitative estimate of drug-likeness (QED) is 0.830. The molecule has 4 heteroatoms. The average molecular weight is 275 g/mol. The molecule has 1 aromatic rings. The summed E-state index contributed by atoms with van der Waals surface area (Å²) in [4.78, 5) is 14.3. The summed E-state index contributed by atoms with van der Waals surface area (Å²) in [6, 6.07) is 9.60. The van der Waals surface area contributed by atoms with E-state index in [1.807, 2.05) is 30.3 Å². The first-order valence-electron chi connectivity index (χ1n) is 7.47. The lowest BCUT2D eigenvalue weighted by molar-refractivity contribution is -0.122. The summed E-state index contributed by atoms with van der Waals surface area (Å²) in [6.45, 7) is 1.55. The van der Waals surface area contributed by atoms with Gasteiger partial charge in [-0.05, 0) is 25.5 Å². The first-order valence-corrected chi connectivity index (χ1v) is 7.47. The third kappa shape index (κ3) is 4.05. The van der Waals surface area contributed by atoms with E-state index >= 15 is 0 Å². The molecule has 1 fully saturated rings. The van der Waals surface area contributed by atoms with Crippen LogP contribution in [0.2, 0.25) is 0 Å². The number of nitrogens with zero attached hydrogens (tertiary/aromatic N) is 1. The van der Waals surface area contributed by atoms with Crippen LogP contribution in [0.1, 0.15) is 37.3 Å². The molecule has 3 N–H and O–H groups in total. The highest BCUT2D eigenvalue weighted by atomic mass is 16.2. The Hall–Kier alpha value is -1.39. The molecule has 0 spiro atoms. The van der Waals surface area contributed by atoms with Gasteiger partial charge in [0.15, 0.2) is 0 Å². The van der Waals surface area contributed by atoms with Crippen LogP contribution in [0.25, 0.3) is 0 Å². The molecule has 1 atom stereocenters. The molecule has 20 heavy (non-hydrogen) atoms. The summed E-state index contributed by atoms with van der Waals surface area (Å²) in [5.74, 6) is -0.101. The summed E-state index contributed by atoms with van der Waals surface area (Å²) in [5.41, 5.74) is 6.81. The van der Waals surface area contributed by atoms with E-state index in [-0.39, 0.29) is 5.91 Å². The molecule has 0 saturated heterocycles. The van der Waals surface area contributed by atoms with E-state index in [1.54, 1.807) is 0 Å². The molecule has 0 unspecified atom stereocenters. The topological polar surface area (TPSA) is 58.4 Å². The van der Waals surface area contributed by atoms with Crippen molar-refractivity contribution in [3.05, 3.63) is 35.9 Å². The van der Waals surface area contributed by atoms with Crippen molar-refractivity contribution >= 4 is 5.91 Å². The van der Waals surface area contributed by atoms with Gasteiger partial charge in [0.05, 0.1) is 0 Å². The van der Waals surface area contributed by atoms with Crippen LogP contribution >= 0.6 is 0 Å². The molecule has 4 nitrogen and oxygen atoms in total. The number of carbonyl (C=O) groups is 1. The van der Waals surface area contributed by atoms with Crippen LogP contribution in [0.15, 0.2) is 30.3 Å². The van der Waals surface area contributed by atoms with Gasteiger partial charge in [-0.15, -0.1) is 0 Å². The Labute approximate surface area is 121 Å². The van der Waals surface area contributed by atoms with Crippen molar-refractivity contribution in [1.29, 1.82) is 0 Å². The average Bonchev–Trinajstić information content (AvgIpc) is 3.01. The lowest BCUT2D eigenvalue weighted by Crippen LogP contribution is -2.40. The molecule has 0 aromatic heterocycles. The van der Waals surface area contributed by atoms with Crippen molar-refractivity contribution in [3.63, 3.8) is 0 Å². The Kier molecular flexibility index (Phi) is 5.56. The molecule has 1 amide bonds. The second-order valence-electron chi connectivity index (χ2n) is 5.60. The molecule has 0 bridgehead atoms. The Morgan fingerprint density at radius 2 is 2.00 bits per heavy atom. The maximum atomic E-state index is 12.0. The number of hydrogen-bond donors (Lipinski definition) is 2. The predicted octanol–water partition coefficient (Wildman–Crippen LogP) is 1.68. The monoisotopic (exact) mass is 275 g/mol. The minimum Gasteiger partial charge on any atom is -0.353 e. The molecule has 1 aromatic carbocycles. The second-order valence-corrected chi connectivity index (χ2v) is 5.60. The van der Waals surface area contributed by atoms with Crippen molar-refractivity contribution < 1.29 is 4.79 Å². The standard InChI is InChI=1S/C16H25N3O/c1-19(14-9-5-6-10-14)12-11-18-16(20)15(17)13-7-3-2-4-8-13/h2-4,7-8,14-15H,5-6,9-12,17H2,1H3,(H,18,20)/t15-/m0/s1. The van der Waals surface area contributed by atoms with Crippen LogP contribution in [0.4, 0.5) is 0 Å². The van der Waals surface area contributed by atoms with Crippen LogP contribution in [0.5, 0.6) is 0 Å². The van der Waals surface area contributed by atoms with E-state index in [0.29, 0.717) is 12.6 Å². The van der Waals surface area contributed by atoms with Crippen LogP contribution in [0, 0.1) is 0 Å². The highest BCUT2D eigenvalue weighted by molar-refractivity contribution is 5.82. The molecule has 0 radical (unpaired) electrons. The third-order valence-corrected chi connectivity index (χ3v) is 4.15. The minimum absolute atomic E-state index is 0.101. The summed E-state index contributed by atoms with van der Waals surface area (Å²) in [6.07, 6.45) is 5.24. The molecular formula is C16H25N3O. The zero-order valence-corrected chi connectivity index (χ0v) is 12.2. The van der Waals surface area contributed by atoms with Crippen molar-refractivity contribution in [2.24, 2.45) is 5.73 Å². The maximum absolute atomic E-state index is 12.0. The number of likely N-dealkylation sites (N-methyl/N-ethyl adjacent to an activating group) is 1. The number of rotatable bonds is 6. The summed E-state index contributed by atoms with van der Waals surface area (Å²) < 4.78 is 0. The highest BCUT2D eigenvalue weighted by Crippen LogP contribution is 2.21. The van der Waals surface area contributed by atoms with Crippen molar-refractivity contribution in [2.45, 2.75) is 37.8 Å². The Morgan fingerprint density at radius 1 is 1.35 bits per heavy atom. The molecule has 1 aliphatic rings. The zero-order chi connectivity index (χ0) is 14.4. The summed E-state index contributed by atoms with van der Waals surface area (Å²) >= 11 is 0. The van der Waals surface area contributed by atoms with E-state index in [9.17, 15) is 4.79 Å². The largest absolute Gasteiger partial charge is 0.353 e. The number of nitrogens with two attached hydrogens (primary N) is 1. The third-order valence-electron chi connectivity index (χ3n) is 4.15. The van der Waals surface area contributed by atoms with Gasteiger partial charge in [-0.25, -0.2) is 0 Å². The van der Waals surface area contributed by atoms with Crippen molar-refractivity contribution in [3.8, 4) is 0 Å². The molecule has 2 rings (SSSR count). The molecule has 0 heterocycles. The van der Waals surface area contributed by atoms with Crippen LogP contribution in [-0.4, -0.2) is 37.0 Å². The Bertz CT molecular complexity index is 415. The summed E-state index contributed by atoms with van der Waals surface area (Å²) in [5, 5.41) is 2.93. The van der Waals surface area contributed by atoms with Crippen molar-refractivity contribution in [2.75, 3.05) is 20.1 Å². The fraction of sp³-hybridized carbons (Fsp3) is 0.562. The smallest absolute Gasteiger partial charge is 0.241 e. The highest BCUT2D eigenvalue weighted by Gasteiger charge is 2.20. The lowest BCUT2D eigenvalue weighted by Gasteiger charge is -2.24. The van der Waals surface area contributed by atoms with Gasteiger partial charge in [-0.2, -0.15) is 0 Å². The normalized spacial score (nSPS) is 17.4. The van der Waals surface area contributed by atoms with E-state index in [4.69, 9.17) is 5.73 Å². The minimum atomic E-state index is -0.576. The van der Waals surface area contributed by atoms with Gasteiger partial charge < -0.3 is 16.0 Å². The first-order chi connectivity index (χ1) is 9.68. The molecule has 0 aliphatic heterocycles. The maximum Gasteiger partial charge on any atom is 0.241 e. The van der Waals surface area contributed by atoms with Gasteiger partial charge in [0, 0.05) is 19.1 Å².